The van der Waals surface area contributed by atoms with Crippen LogP contribution in [0.2, 0.25) is 0 Å². The van der Waals surface area contributed by atoms with E-state index in [0.717, 1.165) is 16.9 Å². The molecule has 0 radical (unpaired) electrons. The first-order valence-electron chi connectivity index (χ1n) is 6.59. The van der Waals surface area contributed by atoms with Gasteiger partial charge in [-0.05, 0) is 29.7 Å². The molecule has 1 N–H and O–H groups in total. The van der Waals surface area contributed by atoms with Crippen LogP contribution in [0.4, 0.5) is 0 Å². The first-order chi connectivity index (χ1) is 9.18. The number of rotatable bonds is 5. The van der Waals surface area contributed by atoms with E-state index >= 15 is 0 Å². The Hall–Kier alpha value is -1.80. The average Bonchev–Trinajstić information content (AvgIpc) is 2.48. The van der Waals surface area contributed by atoms with E-state index in [9.17, 15) is 5.11 Å². The van der Waals surface area contributed by atoms with Gasteiger partial charge in [-0.25, -0.2) is 0 Å². The van der Waals surface area contributed by atoms with E-state index in [2.05, 4.69) is 0 Å². The maximum atomic E-state index is 10.9. The molecule has 0 bridgehead atoms. The van der Waals surface area contributed by atoms with Crippen molar-refractivity contribution >= 4 is 0 Å². The molecule has 0 saturated carbocycles. The number of hydrogen-bond donors (Lipinski definition) is 1. The summed E-state index contributed by atoms with van der Waals surface area (Å²) in [7, 11) is 1.66. The minimum atomic E-state index is -0.826. The van der Waals surface area contributed by atoms with Crippen LogP contribution in [0, 0.1) is 0 Å². The predicted molar refractivity (Wildman–Crippen MR) is 77.3 cm³/mol. The van der Waals surface area contributed by atoms with Gasteiger partial charge < -0.3 is 9.84 Å². The first kappa shape index (κ1) is 13.6. The molecule has 0 aliphatic rings. The van der Waals surface area contributed by atoms with Gasteiger partial charge in [0.25, 0.3) is 0 Å². The summed E-state index contributed by atoms with van der Waals surface area (Å²) in [6.07, 6.45) is 1.26. The minimum absolute atomic E-state index is 0.588. The van der Waals surface area contributed by atoms with E-state index in [1.165, 1.54) is 0 Å². The topological polar surface area (TPSA) is 29.5 Å². The number of aliphatic hydroxyl groups is 1. The van der Waals surface area contributed by atoms with Gasteiger partial charge in [-0.2, -0.15) is 0 Å². The highest BCUT2D eigenvalue weighted by Crippen LogP contribution is 2.30. The smallest absolute Gasteiger partial charge is 0.119 e. The van der Waals surface area contributed by atoms with Gasteiger partial charge in [0.05, 0.1) is 12.7 Å². The largest absolute Gasteiger partial charge is 0.497 e. The third-order valence-corrected chi connectivity index (χ3v) is 3.53. The van der Waals surface area contributed by atoms with Gasteiger partial charge in [-0.15, -0.1) is 0 Å². The lowest BCUT2D eigenvalue weighted by Crippen LogP contribution is -2.27. The summed E-state index contributed by atoms with van der Waals surface area (Å²) in [5.41, 5.74) is 1.21. The highest BCUT2D eigenvalue weighted by Gasteiger charge is 2.27. The SMILES string of the molecule is CCC(O)(Cc1cccc(OC)c1)c1ccccc1. The fourth-order valence-corrected chi connectivity index (χ4v) is 2.30. The lowest BCUT2D eigenvalue weighted by atomic mass is 9.85. The molecule has 2 heteroatoms. The molecule has 2 aromatic carbocycles. The molecule has 1 atom stereocenters. The highest BCUT2D eigenvalue weighted by atomic mass is 16.5. The summed E-state index contributed by atoms with van der Waals surface area (Å²) in [5, 5.41) is 10.9. The van der Waals surface area contributed by atoms with Crippen molar-refractivity contribution in [3.05, 3.63) is 65.7 Å². The lowest BCUT2D eigenvalue weighted by Gasteiger charge is -2.27. The summed E-state index contributed by atoms with van der Waals surface area (Å²) in [6, 6.07) is 17.7. The van der Waals surface area contributed by atoms with Gasteiger partial charge in [0, 0.05) is 6.42 Å². The standard InChI is InChI=1S/C17H20O2/c1-3-17(18,15-9-5-4-6-10-15)13-14-8-7-11-16(12-14)19-2/h4-12,18H,3,13H2,1-2H3. The van der Waals surface area contributed by atoms with Crippen molar-refractivity contribution in [2.24, 2.45) is 0 Å². The van der Waals surface area contributed by atoms with Crippen LogP contribution in [0.15, 0.2) is 54.6 Å². The molecule has 2 rings (SSSR count). The maximum absolute atomic E-state index is 10.9. The van der Waals surface area contributed by atoms with Gasteiger partial charge in [0.15, 0.2) is 0 Å². The Morgan fingerprint density at radius 3 is 2.42 bits per heavy atom. The van der Waals surface area contributed by atoms with Crippen molar-refractivity contribution in [1.82, 2.24) is 0 Å². The predicted octanol–water partition coefficient (Wildman–Crippen LogP) is 3.54. The van der Waals surface area contributed by atoms with Gasteiger partial charge in [-0.3, -0.25) is 0 Å². The summed E-state index contributed by atoms with van der Waals surface area (Å²) < 4.78 is 5.23. The summed E-state index contributed by atoms with van der Waals surface area (Å²) in [6.45, 7) is 2.01. The van der Waals surface area contributed by atoms with Crippen LogP contribution >= 0.6 is 0 Å². The van der Waals surface area contributed by atoms with Crippen LogP contribution in [0.3, 0.4) is 0 Å². The number of hydrogen-bond acceptors (Lipinski definition) is 2. The third-order valence-electron chi connectivity index (χ3n) is 3.53. The van der Waals surface area contributed by atoms with E-state index in [0.29, 0.717) is 12.8 Å². The molecule has 0 aliphatic carbocycles. The van der Waals surface area contributed by atoms with Crippen LogP contribution in [-0.4, -0.2) is 12.2 Å². The van der Waals surface area contributed by atoms with E-state index in [-0.39, 0.29) is 0 Å². The molecule has 0 aliphatic heterocycles. The second-order valence-corrected chi connectivity index (χ2v) is 4.78. The fraction of sp³-hybridized carbons (Fsp3) is 0.294. The Kier molecular flexibility index (Phi) is 4.23. The van der Waals surface area contributed by atoms with Crippen LogP contribution in [-0.2, 0) is 12.0 Å². The second kappa shape index (κ2) is 5.89. The molecule has 2 nitrogen and oxygen atoms in total. The molecule has 0 aromatic heterocycles. The zero-order valence-corrected chi connectivity index (χ0v) is 11.5. The summed E-state index contributed by atoms with van der Waals surface area (Å²) >= 11 is 0. The molecule has 19 heavy (non-hydrogen) atoms. The first-order valence-corrected chi connectivity index (χ1v) is 6.59. The van der Waals surface area contributed by atoms with E-state index in [1.54, 1.807) is 7.11 Å². The van der Waals surface area contributed by atoms with Crippen molar-refractivity contribution in [3.63, 3.8) is 0 Å². The molecular formula is C17H20O2. The van der Waals surface area contributed by atoms with Gasteiger partial charge in [0.1, 0.15) is 5.75 Å². The van der Waals surface area contributed by atoms with Crippen LogP contribution in [0.1, 0.15) is 24.5 Å². The van der Waals surface area contributed by atoms with Gasteiger partial charge in [0.2, 0.25) is 0 Å². The highest BCUT2D eigenvalue weighted by molar-refractivity contribution is 5.32. The van der Waals surface area contributed by atoms with Gasteiger partial charge in [-0.1, -0.05) is 49.4 Å². The van der Waals surface area contributed by atoms with Crippen LogP contribution in [0.5, 0.6) is 5.75 Å². The van der Waals surface area contributed by atoms with Crippen LogP contribution in [0.25, 0.3) is 0 Å². The average molecular weight is 256 g/mol. The van der Waals surface area contributed by atoms with Crippen LogP contribution < -0.4 is 4.74 Å². The molecule has 2 aromatic rings. The van der Waals surface area contributed by atoms with E-state index in [1.807, 2.05) is 61.5 Å². The monoisotopic (exact) mass is 256 g/mol. The third kappa shape index (κ3) is 3.15. The molecule has 0 spiro atoms. The van der Waals surface area contributed by atoms with Crippen molar-refractivity contribution < 1.29 is 9.84 Å². The van der Waals surface area contributed by atoms with Crippen molar-refractivity contribution in [2.75, 3.05) is 7.11 Å². The Balaban J connectivity index is 2.27. The van der Waals surface area contributed by atoms with Crippen molar-refractivity contribution in [2.45, 2.75) is 25.4 Å². The second-order valence-electron chi connectivity index (χ2n) is 4.78. The molecule has 0 fully saturated rings. The summed E-state index contributed by atoms with van der Waals surface area (Å²) in [5.74, 6) is 0.823. The summed E-state index contributed by atoms with van der Waals surface area (Å²) in [4.78, 5) is 0. The zero-order valence-electron chi connectivity index (χ0n) is 11.5. The fourth-order valence-electron chi connectivity index (χ4n) is 2.30. The Morgan fingerprint density at radius 1 is 1.05 bits per heavy atom. The number of methoxy groups -OCH3 is 1. The number of ether oxygens (including phenoxy) is 1. The molecule has 0 heterocycles. The Labute approximate surface area is 114 Å². The van der Waals surface area contributed by atoms with Crippen molar-refractivity contribution in [1.29, 1.82) is 0 Å². The quantitative estimate of drug-likeness (QED) is 0.886. The Bertz CT molecular complexity index is 522. The normalized spacial score (nSPS) is 13.8. The van der Waals surface area contributed by atoms with E-state index in [4.69, 9.17) is 4.74 Å². The molecular weight excluding hydrogens is 236 g/mol. The van der Waals surface area contributed by atoms with Crippen molar-refractivity contribution in [3.8, 4) is 5.75 Å². The van der Waals surface area contributed by atoms with Gasteiger partial charge >= 0.3 is 0 Å². The number of benzene rings is 2. The Morgan fingerprint density at radius 2 is 1.79 bits per heavy atom. The maximum Gasteiger partial charge on any atom is 0.119 e. The lowest BCUT2D eigenvalue weighted by molar-refractivity contribution is 0.0327. The molecule has 100 valence electrons. The van der Waals surface area contributed by atoms with E-state index < -0.39 is 5.60 Å². The molecule has 0 saturated heterocycles. The minimum Gasteiger partial charge on any atom is -0.497 e. The molecule has 0 amide bonds. The molecule has 1 unspecified atom stereocenters. The zero-order chi connectivity index (χ0) is 13.7.